The molecule has 0 saturated carbocycles. The lowest BCUT2D eigenvalue weighted by molar-refractivity contribution is 0.588. The van der Waals surface area contributed by atoms with Gasteiger partial charge in [0.2, 0.25) is 0 Å². The SMILES string of the molecule is CNc1ccc(CNC(C)C)cn1. The Kier molecular flexibility index (Phi) is 3.71. The summed E-state index contributed by atoms with van der Waals surface area (Å²) in [4.78, 5) is 4.22. The largest absolute Gasteiger partial charge is 0.373 e. The van der Waals surface area contributed by atoms with Crippen molar-refractivity contribution in [1.82, 2.24) is 10.3 Å². The maximum atomic E-state index is 4.22. The molecule has 0 saturated heterocycles. The van der Waals surface area contributed by atoms with E-state index >= 15 is 0 Å². The molecule has 0 spiro atoms. The smallest absolute Gasteiger partial charge is 0.125 e. The highest BCUT2D eigenvalue weighted by atomic mass is 15.0. The molecule has 0 amide bonds. The van der Waals surface area contributed by atoms with Crippen molar-refractivity contribution in [3.63, 3.8) is 0 Å². The molecule has 2 N–H and O–H groups in total. The summed E-state index contributed by atoms with van der Waals surface area (Å²) in [5.74, 6) is 0.910. The molecular weight excluding hydrogens is 162 g/mol. The van der Waals surface area contributed by atoms with Gasteiger partial charge in [-0.15, -0.1) is 0 Å². The van der Waals surface area contributed by atoms with Gasteiger partial charge in [0.05, 0.1) is 0 Å². The molecular formula is C10H17N3. The molecule has 0 bridgehead atoms. The van der Waals surface area contributed by atoms with E-state index in [2.05, 4.69) is 35.5 Å². The van der Waals surface area contributed by atoms with Crippen molar-refractivity contribution in [3.05, 3.63) is 23.9 Å². The minimum absolute atomic E-state index is 0.518. The normalized spacial score (nSPS) is 10.5. The van der Waals surface area contributed by atoms with Gasteiger partial charge in [-0.25, -0.2) is 4.98 Å². The Morgan fingerprint density at radius 3 is 2.62 bits per heavy atom. The number of nitrogens with zero attached hydrogens (tertiary/aromatic N) is 1. The van der Waals surface area contributed by atoms with Crippen LogP contribution >= 0.6 is 0 Å². The van der Waals surface area contributed by atoms with Gasteiger partial charge in [-0.05, 0) is 11.6 Å². The highest BCUT2D eigenvalue weighted by molar-refractivity contribution is 5.34. The zero-order valence-corrected chi connectivity index (χ0v) is 8.46. The summed E-state index contributed by atoms with van der Waals surface area (Å²) in [6.45, 7) is 5.15. The number of hydrogen-bond donors (Lipinski definition) is 2. The van der Waals surface area contributed by atoms with E-state index in [9.17, 15) is 0 Å². The second-order valence-corrected chi connectivity index (χ2v) is 3.34. The minimum atomic E-state index is 0.518. The van der Waals surface area contributed by atoms with E-state index in [4.69, 9.17) is 0 Å². The Balaban J connectivity index is 2.49. The van der Waals surface area contributed by atoms with Crippen LogP contribution in [0.3, 0.4) is 0 Å². The van der Waals surface area contributed by atoms with E-state index in [0.717, 1.165) is 12.4 Å². The molecule has 0 aliphatic heterocycles. The second-order valence-electron chi connectivity index (χ2n) is 3.34. The van der Waals surface area contributed by atoms with Gasteiger partial charge in [0.25, 0.3) is 0 Å². The van der Waals surface area contributed by atoms with Crippen molar-refractivity contribution in [2.45, 2.75) is 26.4 Å². The number of pyridine rings is 1. The molecule has 0 radical (unpaired) electrons. The quantitative estimate of drug-likeness (QED) is 0.737. The third-order valence-electron chi connectivity index (χ3n) is 1.80. The molecule has 0 fully saturated rings. The van der Waals surface area contributed by atoms with Gasteiger partial charge >= 0.3 is 0 Å². The molecule has 0 aliphatic carbocycles. The van der Waals surface area contributed by atoms with Crippen molar-refractivity contribution >= 4 is 5.82 Å². The number of hydrogen-bond acceptors (Lipinski definition) is 3. The van der Waals surface area contributed by atoms with Gasteiger partial charge in [-0.1, -0.05) is 19.9 Å². The van der Waals surface area contributed by atoms with Crippen molar-refractivity contribution in [3.8, 4) is 0 Å². The van der Waals surface area contributed by atoms with E-state index in [1.165, 1.54) is 5.56 Å². The molecule has 0 atom stereocenters. The lowest BCUT2D eigenvalue weighted by Crippen LogP contribution is -2.21. The number of rotatable bonds is 4. The zero-order chi connectivity index (χ0) is 9.68. The van der Waals surface area contributed by atoms with Crippen LogP contribution < -0.4 is 10.6 Å². The van der Waals surface area contributed by atoms with Crippen LogP contribution in [-0.4, -0.2) is 18.1 Å². The van der Waals surface area contributed by atoms with Gasteiger partial charge in [0.1, 0.15) is 5.82 Å². The fraction of sp³-hybridized carbons (Fsp3) is 0.500. The molecule has 1 aromatic rings. The Bertz CT molecular complexity index is 241. The van der Waals surface area contributed by atoms with E-state index in [1.807, 2.05) is 19.3 Å². The summed E-state index contributed by atoms with van der Waals surface area (Å²) < 4.78 is 0. The average molecular weight is 179 g/mol. The number of nitrogens with one attached hydrogen (secondary N) is 2. The summed E-state index contributed by atoms with van der Waals surface area (Å²) >= 11 is 0. The monoisotopic (exact) mass is 179 g/mol. The molecule has 0 aliphatic rings. The van der Waals surface area contributed by atoms with Crippen LogP contribution in [0.2, 0.25) is 0 Å². The molecule has 1 heterocycles. The van der Waals surface area contributed by atoms with Crippen molar-refractivity contribution in [2.75, 3.05) is 12.4 Å². The number of aromatic nitrogens is 1. The van der Waals surface area contributed by atoms with Crippen LogP contribution in [0.25, 0.3) is 0 Å². The Hall–Kier alpha value is -1.09. The highest BCUT2D eigenvalue weighted by Crippen LogP contribution is 2.03. The van der Waals surface area contributed by atoms with E-state index in [-0.39, 0.29) is 0 Å². The lowest BCUT2D eigenvalue weighted by atomic mass is 10.2. The third-order valence-corrected chi connectivity index (χ3v) is 1.80. The van der Waals surface area contributed by atoms with Gasteiger partial charge in [0, 0.05) is 25.8 Å². The van der Waals surface area contributed by atoms with Crippen molar-refractivity contribution in [2.24, 2.45) is 0 Å². The predicted molar refractivity (Wildman–Crippen MR) is 55.8 cm³/mol. The van der Waals surface area contributed by atoms with Crippen LogP contribution in [0.15, 0.2) is 18.3 Å². The Morgan fingerprint density at radius 1 is 1.38 bits per heavy atom. The third kappa shape index (κ3) is 3.42. The first-order valence-electron chi connectivity index (χ1n) is 4.58. The standard InChI is InChI=1S/C10H17N3/c1-8(2)12-6-9-4-5-10(11-3)13-7-9/h4-5,7-8,12H,6H2,1-3H3,(H,11,13). The van der Waals surface area contributed by atoms with E-state index in [1.54, 1.807) is 0 Å². The van der Waals surface area contributed by atoms with Crippen LogP contribution in [-0.2, 0) is 6.54 Å². The number of anilines is 1. The fourth-order valence-electron chi connectivity index (χ4n) is 0.999. The summed E-state index contributed by atoms with van der Waals surface area (Å²) in [5.41, 5.74) is 1.22. The van der Waals surface area contributed by atoms with E-state index < -0.39 is 0 Å². The highest BCUT2D eigenvalue weighted by Gasteiger charge is 1.95. The Morgan fingerprint density at radius 2 is 2.15 bits per heavy atom. The maximum absolute atomic E-state index is 4.22. The van der Waals surface area contributed by atoms with Crippen molar-refractivity contribution < 1.29 is 0 Å². The topological polar surface area (TPSA) is 37.0 Å². The molecule has 13 heavy (non-hydrogen) atoms. The molecule has 0 unspecified atom stereocenters. The van der Waals surface area contributed by atoms with Crippen LogP contribution in [0, 0.1) is 0 Å². The fourth-order valence-corrected chi connectivity index (χ4v) is 0.999. The predicted octanol–water partition coefficient (Wildman–Crippen LogP) is 1.62. The van der Waals surface area contributed by atoms with Crippen LogP contribution in [0.4, 0.5) is 5.82 Å². The van der Waals surface area contributed by atoms with Gasteiger partial charge in [-0.3, -0.25) is 0 Å². The average Bonchev–Trinajstić information content (AvgIpc) is 2.15. The first-order valence-corrected chi connectivity index (χ1v) is 4.58. The molecule has 1 aromatic heterocycles. The summed E-state index contributed by atoms with van der Waals surface area (Å²) in [7, 11) is 1.87. The van der Waals surface area contributed by atoms with Gasteiger partial charge in [0.15, 0.2) is 0 Å². The van der Waals surface area contributed by atoms with Crippen molar-refractivity contribution in [1.29, 1.82) is 0 Å². The Labute approximate surface area is 79.6 Å². The summed E-state index contributed by atoms with van der Waals surface area (Å²) in [6, 6.07) is 4.58. The van der Waals surface area contributed by atoms with Gasteiger partial charge in [-0.2, -0.15) is 0 Å². The lowest BCUT2D eigenvalue weighted by Gasteiger charge is -2.07. The zero-order valence-electron chi connectivity index (χ0n) is 8.46. The van der Waals surface area contributed by atoms with E-state index in [0.29, 0.717) is 6.04 Å². The summed E-state index contributed by atoms with van der Waals surface area (Å²) in [6.07, 6.45) is 1.89. The molecule has 3 nitrogen and oxygen atoms in total. The van der Waals surface area contributed by atoms with Gasteiger partial charge < -0.3 is 10.6 Å². The molecule has 3 heteroatoms. The maximum Gasteiger partial charge on any atom is 0.125 e. The second kappa shape index (κ2) is 4.82. The minimum Gasteiger partial charge on any atom is -0.373 e. The molecule has 1 rings (SSSR count). The molecule has 72 valence electrons. The van der Waals surface area contributed by atoms with Crippen LogP contribution in [0.1, 0.15) is 19.4 Å². The summed E-state index contributed by atoms with van der Waals surface area (Å²) in [5, 5.41) is 6.33. The first kappa shape index (κ1) is 9.99. The first-order chi connectivity index (χ1) is 6.22. The van der Waals surface area contributed by atoms with Crippen LogP contribution in [0.5, 0.6) is 0 Å². The molecule has 0 aromatic carbocycles.